The SMILES string of the molecule is CC(C)(C)OC(=O)N1CCC(c2cccc(F)c2F)=C[C@@H]1C(=O)O. The van der Waals surface area contributed by atoms with Gasteiger partial charge in [-0.3, -0.25) is 4.90 Å². The lowest BCUT2D eigenvalue weighted by molar-refractivity contribution is -0.141. The number of amides is 1. The smallest absolute Gasteiger partial charge is 0.411 e. The van der Waals surface area contributed by atoms with Crippen molar-refractivity contribution in [3.63, 3.8) is 0 Å². The molecule has 0 aromatic heterocycles. The molecular weight excluding hydrogens is 320 g/mol. The van der Waals surface area contributed by atoms with Crippen LogP contribution in [0.5, 0.6) is 0 Å². The largest absolute Gasteiger partial charge is 0.479 e. The van der Waals surface area contributed by atoms with Crippen LogP contribution in [0.1, 0.15) is 32.8 Å². The van der Waals surface area contributed by atoms with Gasteiger partial charge in [0.1, 0.15) is 5.60 Å². The molecule has 130 valence electrons. The standard InChI is InChI=1S/C17H19F2NO4/c1-17(2,3)24-16(23)20-8-7-10(9-13(20)15(21)22)11-5-4-6-12(18)14(11)19/h4-6,9,13H,7-8H2,1-3H3,(H,21,22)/t13-/m1/s1. The maximum absolute atomic E-state index is 13.9. The molecule has 1 heterocycles. The minimum Gasteiger partial charge on any atom is -0.479 e. The van der Waals surface area contributed by atoms with Crippen molar-refractivity contribution in [1.82, 2.24) is 4.90 Å². The van der Waals surface area contributed by atoms with Crippen molar-refractivity contribution in [2.75, 3.05) is 6.54 Å². The molecule has 1 aliphatic heterocycles. The lowest BCUT2D eigenvalue weighted by Crippen LogP contribution is -2.48. The number of aliphatic carboxylic acids is 1. The van der Waals surface area contributed by atoms with Crippen molar-refractivity contribution in [2.45, 2.75) is 38.8 Å². The normalized spacial score (nSPS) is 18.1. The van der Waals surface area contributed by atoms with E-state index in [1.807, 2.05) is 0 Å². The average molecular weight is 339 g/mol. The molecule has 1 amide bonds. The highest BCUT2D eigenvalue weighted by Gasteiger charge is 2.35. The van der Waals surface area contributed by atoms with E-state index in [2.05, 4.69) is 0 Å². The summed E-state index contributed by atoms with van der Waals surface area (Å²) in [6.45, 7) is 5.06. The first-order valence-corrected chi connectivity index (χ1v) is 7.47. The number of carboxylic acids is 1. The van der Waals surface area contributed by atoms with Crippen LogP contribution in [0.4, 0.5) is 13.6 Å². The quantitative estimate of drug-likeness (QED) is 0.896. The third-order valence-electron chi connectivity index (χ3n) is 3.50. The molecule has 1 aromatic carbocycles. The monoisotopic (exact) mass is 339 g/mol. The number of carbonyl (C=O) groups is 2. The maximum atomic E-state index is 13.9. The van der Waals surface area contributed by atoms with E-state index < -0.39 is 35.3 Å². The second-order valence-electron chi connectivity index (χ2n) is 6.50. The molecule has 7 heteroatoms. The molecular formula is C17H19F2NO4. The van der Waals surface area contributed by atoms with Gasteiger partial charge in [-0.15, -0.1) is 0 Å². The van der Waals surface area contributed by atoms with Gasteiger partial charge in [0.25, 0.3) is 0 Å². The summed E-state index contributed by atoms with van der Waals surface area (Å²) in [6.07, 6.45) is 0.696. The zero-order valence-electron chi connectivity index (χ0n) is 13.7. The fraction of sp³-hybridized carbons (Fsp3) is 0.412. The van der Waals surface area contributed by atoms with Gasteiger partial charge in [0.15, 0.2) is 17.7 Å². The molecule has 1 aromatic rings. The highest BCUT2D eigenvalue weighted by atomic mass is 19.2. The van der Waals surface area contributed by atoms with E-state index >= 15 is 0 Å². The van der Waals surface area contributed by atoms with Crippen LogP contribution in [0.25, 0.3) is 5.57 Å². The second kappa shape index (κ2) is 6.59. The van der Waals surface area contributed by atoms with E-state index in [1.165, 1.54) is 18.2 Å². The molecule has 2 rings (SSSR count). The Morgan fingerprint density at radius 2 is 1.96 bits per heavy atom. The summed E-state index contributed by atoms with van der Waals surface area (Å²) in [7, 11) is 0. The Bertz CT molecular complexity index is 694. The first-order valence-electron chi connectivity index (χ1n) is 7.47. The number of halogens is 2. The Morgan fingerprint density at radius 3 is 2.54 bits per heavy atom. The summed E-state index contributed by atoms with van der Waals surface area (Å²) in [5.74, 6) is -3.30. The highest BCUT2D eigenvalue weighted by Crippen LogP contribution is 2.29. The molecule has 24 heavy (non-hydrogen) atoms. The van der Waals surface area contributed by atoms with Crippen molar-refractivity contribution in [3.8, 4) is 0 Å². The molecule has 0 unspecified atom stereocenters. The van der Waals surface area contributed by atoms with Crippen LogP contribution in [-0.4, -0.2) is 40.3 Å². The number of carbonyl (C=O) groups excluding carboxylic acids is 1. The fourth-order valence-corrected chi connectivity index (χ4v) is 2.45. The molecule has 1 aliphatic rings. The van der Waals surface area contributed by atoms with Gasteiger partial charge in [0, 0.05) is 12.1 Å². The van der Waals surface area contributed by atoms with Crippen LogP contribution in [0.15, 0.2) is 24.3 Å². The predicted octanol–water partition coefficient (Wildman–Crippen LogP) is 3.44. The van der Waals surface area contributed by atoms with E-state index in [9.17, 15) is 23.5 Å². The third-order valence-corrected chi connectivity index (χ3v) is 3.50. The molecule has 0 saturated carbocycles. The van der Waals surface area contributed by atoms with E-state index in [0.717, 1.165) is 11.0 Å². The topological polar surface area (TPSA) is 66.8 Å². The Labute approximate surface area is 138 Å². The van der Waals surface area contributed by atoms with Crippen molar-refractivity contribution in [1.29, 1.82) is 0 Å². The summed E-state index contributed by atoms with van der Waals surface area (Å²) in [4.78, 5) is 24.7. The number of benzene rings is 1. The van der Waals surface area contributed by atoms with Gasteiger partial charge in [-0.05, 0) is 44.9 Å². The summed E-state index contributed by atoms with van der Waals surface area (Å²) >= 11 is 0. The Kier molecular flexibility index (Phi) is 4.91. The van der Waals surface area contributed by atoms with E-state index in [4.69, 9.17) is 4.74 Å². The van der Waals surface area contributed by atoms with Gasteiger partial charge < -0.3 is 9.84 Å². The molecule has 0 radical (unpaired) electrons. The average Bonchev–Trinajstić information content (AvgIpc) is 2.47. The van der Waals surface area contributed by atoms with Crippen molar-refractivity contribution in [3.05, 3.63) is 41.5 Å². The number of rotatable bonds is 2. The zero-order valence-corrected chi connectivity index (χ0v) is 13.7. The van der Waals surface area contributed by atoms with Gasteiger partial charge >= 0.3 is 12.1 Å². The Morgan fingerprint density at radius 1 is 1.29 bits per heavy atom. The zero-order chi connectivity index (χ0) is 18.1. The second-order valence-corrected chi connectivity index (χ2v) is 6.50. The Hall–Kier alpha value is -2.44. The molecule has 0 saturated heterocycles. The van der Waals surface area contributed by atoms with Gasteiger partial charge in [-0.1, -0.05) is 12.1 Å². The van der Waals surface area contributed by atoms with Crippen LogP contribution in [0.2, 0.25) is 0 Å². The summed E-state index contributed by atoms with van der Waals surface area (Å²) in [6, 6.07) is 2.42. The first-order chi connectivity index (χ1) is 11.1. The molecule has 0 fully saturated rings. The predicted molar refractivity (Wildman–Crippen MR) is 83.3 cm³/mol. The molecule has 5 nitrogen and oxygen atoms in total. The lowest BCUT2D eigenvalue weighted by Gasteiger charge is -2.33. The minimum absolute atomic E-state index is 0.00471. The highest BCUT2D eigenvalue weighted by molar-refractivity contribution is 5.86. The van der Waals surface area contributed by atoms with E-state index in [-0.39, 0.29) is 18.5 Å². The van der Waals surface area contributed by atoms with Crippen LogP contribution in [-0.2, 0) is 9.53 Å². The van der Waals surface area contributed by atoms with Crippen molar-refractivity contribution >= 4 is 17.6 Å². The summed E-state index contributed by atoms with van der Waals surface area (Å²) in [5.41, 5.74) is -0.414. The Balaban J connectivity index is 2.33. The number of ether oxygens (including phenoxy) is 1. The van der Waals surface area contributed by atoms with Crippen LogP contribution >= 0.6 is 0 Å². The third kappa shape index (κ3) is 3.90. The van der Waals surface area contributed by atoms with Gasteiger partial charge in [0.2, 0.25) is 0 Å². The summed E-state index contributed by atoms with van der Waals surface area (Å²) in [5, 5.41) is 9.38. The molecule has 0 bridgehead atoms. The lowest BCUT2D eigenvalue weighted by atomic mass is 9.95. The fourth-order valence-electron chi connectivity index (χ4n) is 2.45. The van der Waals surface area contributed by atoms with Crippen LogP contribution < -0.4 is 0 Å². The van der Waals surface area contributed by atoms with Crippen molar-refractivity contribution in [2.24, 2.45) is 0 Å². The molecule has 0 spiro atoms. The molecule has 1 atom stereocenters. The summed E-state index contributed by atoms with van der Waals surface area (Å²) < 4.78 is 32.5. The number of carboxylic acid groups (broad SMARTS) is 1. The van der Waals surface area contributed by atoms with E-state index in [0.29, 0.717) is 5.57 Å². The first kappa shape index (κ1) is 17.9. The van der Waals surface area contributed by atoms with Gasteiger partial charge in [-0.2, -0.15) is 0 Å². The van der Waals surface area contributed by atoms with Gasteiger partial charge in [-0.25, -0.2) is 18.4 Å². The van der Waals surface area contributed by atoms with Crippen molar-refractivity contribution < 1.29 is 28.2 Å². The maximum Gasteiger partial charge on any atom is 0.411 e. The van der Waals surface area contributed by atoms with Crippen LogP contribution in [0.3, 0.4) is 0 Å². The number of hydrogen-bond acceptors (Lipinski definition) is 3. The van der Waals surface area contributed by atoms with Gasteiger partial charge in [0.05, 0.1) is 0 Å². The number of hydrogen-bond donors (Lipinski definition) is 1. The molecule has 0 aliphatic carbocycles. The minimum atomic E-state index is -1.30. The molecule has 1 N–H and O–H groups in total. The number of nitrogens with zero attached hydrogens (tertiary/aromatic N) is 1. The van der Waals surface area contributed by atoms with E-state index in [1.54, 1.807) is 20.8 Å². The van der Waals surface area contributed by atoms with Crippen LogP contribution in [0, 0.1) is 11.6 Å².